The molecule has 3 nitrogen and oxygen atoms in total. The van der Waals surface area contributed by atoms with Crippen LogP contribution in [0, 0.1) is 5.92 Å². The molecule has 0 spiro atoms. The Balaban J connectivity index is 2.02. The normalized spacial score (nSPS) is 24.9. The summed E-state index contributed by atoms with van der Waals surface area (Å²) in [6.45, 7) is 8.27. The molecule has 2 aliphatic rings. The fraction of sp³-hybridized carbons (Fsp3) is 1.00. The van der Waals surface area contributed by atoms with Crippen LogP contribution in [0.15, 0.2) is 0 Å². The minimum atomic E-state index is 0.0977. The Labute approximate surface area is 131 Å². The van der Waals surface area contributed by atoms with E-state index in [2.05, 4.69) is 19.2 Å². The van der Waals surface area contributed by atoms with Crippen LogP contribution in [0.5, 0.6) is 0 Å². The lowest BCUT2D eigenvalue weighted by Crippen LogP contribution is -2.55. The quantitative estimate of drug-likeness (QED) is 0.737. The summed E-state index contributed by atoms with van der Waals surface area (Å²) in [5, 5.41) is 3.85. The van der Waals surface area contributed by atoms with Crippen molar-refractivity contribution in [3.05, 3.63) is 0 Å². The first-order chi connectivity index (χ1) is 10.3. The first-order valence-corrected chi connectivity index (χ1v) is 9.26. The van der Waals surface area contributed by atoms with Gasteiger partial charge in [-0.3, -0.25) is 0 Å². The maximum atomic E-state index is 6.38. The molecule has 0 amide bonds. The van der Waals surface area contributed by atoms with Gasteiger partial charge in [-0.15, -0.1) is 0 Å². The van der Waals surface area contributed by atoms with Crippen molar-refractivity contribution < 1.29 is 9.47 Å². The van der Waals surface area contributed by atoms with Crippen LogP contribution in [-0.2, 0) is 9.47 Å². The Morgan fingerprint density at radius 3 is 2.48 bits per heavy atom. The predicted molar refractivity (Wildman–Crippen MR) is 87.7 cm³/mol. The predicted octanol–water partition coefficient (Wildman–Crippen LogP) is 3.91. The molecule has 2 rings (SSSR count). The van der Waals surface area contributed by atoms with Crippen molar-refractivity contribution >= 4 is 0 Å². The molecule has 1 aliphatic heterocycles. The second-order valence-corrected chi connectivity index (χ2v) is 6.86. The van der Waals surface area contributed by atoms with Gasteiger partial charge in [-0.25, -0.2) is 0 Å². The molecule has 3 heteroatoms. The lowest BCUT2D eigenvalue weighted by molar-refractivity contribution is -0.0966. The lowest BCUT2D eigenvalue weighted by atomic mass is 9.75. The van der Waals surface area contributed by atoms with Crippen molar-refractivity contribution in [1.82, 2.24) is 5.32 Å². The van der Waals surface area contributed by atoms with E-state index in [1.165, 1.54) is 57.8 Å². The molecule has 1 aliphatic carbocycles. The summed E-state index contributed by atoms with van der Waals surface area (Å²) in [4.78, 5) is 0. The average molecular weight is 297 g/mol. The van der Waals surface area contributed by atoms with Crippen molar-refractivity contribution in [3.8, 4) is 0 Å². The second kappa shape index (κ2) is 9.12. The Kier molecular flexibility index (Phi) is 7.48. The van der Waals surface area contributed by atoms with E-state index in [4.69, 9.17) is 9.47 Å². The third-order valence-electron chi connectivity index (χ3n) is 5.32. The Morgan fingerprint density at radius 2 is 1.86 bits per heavy atom. The summed E-state index contributed by atoms with van der Waals surface area (Å²) < 4.78 is 11.9. The Hall–Kier alpha value is -0.120. The molecule has 1 atom stereocenters. The molecule has 1 N–H and O–H groups in total. The summed E-state index contributed by atoms with van der Waals surface area (Å²) in [6.07, 6.45) is 11.5. The lowest BCUT2D eigenvalue weighted by Gasteiger charge is -2.45. The van der Waals surface area contributed by atoms with Crippen LogP contribution >= 0.6 is 0 Å². The van der Waals surface area contributed by atoms with Crippen molar-refractivity contribution in [1.29, 1.82) is 0 Å². The smallest absolute Gasteiger partial charge is 0.0834 e. The van der Waals surface area contributed by atoms with E-state index in [-0.39, 0.29) is 5.60 Å². The summed E-state index contributed by atoms with van der Waals surface area (Å²) in [5.74, 6) is 0.812. The van der Waals surface area contributed by atoms with Crippen LogP contribution in [-0.4, -0.2) is 38.0 Å². The van der Waals surface area contributed by atoms with Gasteiger partial charge in [0.1, 0.15) is 0 Å². The van der Waals surface area contributed by atoms with Gasteiger partial charge in [-0.05, 0) is 57.9 Å². The van der Waals surface area contributed by atoms with Gasteiger partial charge in [0.2, 0.25) is 0 Å². The highest BCUT2D eigenvalue weighted by atomic mass is 16.5. The number of nitrogens with one attached hydrogen (secondary N) is 1. The van der Waals surface area contributed by atoms with Crippen LogP contribution in [0.25, 0.3) is 0 Å². The fourth-order valence-corrected chi connectivity index (χ4v) is 4.15. The topological polar surface area (TPSA) is 30.5 Å². The first-order valence-electron chi connectivity index (χ1n) is 9.26. The van der Waals surface area contributed by atoms with Crippen molar-refractivity contribution in [2.45, 2.75) is 83.3 Å². The zero-order chi connectivity index (χ0) is 15.0. The average Bonchev–Trinajstić information content (AvgIpc) is 2.53. The van der Waals surface area contributed by atoms with Gasteiger partial charge in [0.05, 0.1) is 5.60 Å². The van der Waals surface area contributed by atoms with Gasteiger partial charge in [0, 0.05) is 25.9 Å². The van der Waals surface area contributed by atoms with Crippen LogP contribution in [0.2, 0.25) is 0 Å². The van der Waals surface area contributed by atoms with E-state index in [9.17, 15) is 0 Å². The monoisotopic (exact) mass is 297 g/mol. The zero-order valence-corrected chi connectivity index (χ0v) is 14.2. The van der Waals surface area contributed by atoms with E-state index < -0.39 is 0 Å². The molecule has 1 heterocycles. The van der Waals surface area contributed by atoms with E-state index in [1.807, 2.05) is 0 Å². The summed E-state index contributed by atoms with van der Waals surface area (Å²) in [6, 6.07) is 0.529. The third kappa shape index (κ3) is 4.94. The summed E-state index contributed by atoms with van der Waals surface area (Å²) in [5.41, 5.74) is 0.0977. The number of hydrogen-bond donors (Lipinski definition) is 1. The largest absolute Gasteiger partial charge is 0.381 e. The molecular formula is C18H35NO2. The molecular weight excluding hydrogens is 262 g/mol. The molecule has 1 unspecified atom stereocenters. The number of ether oxygens (including phenoxy) is 2. The van der Waals surface area contributed by atoms with Gasteiger partial charge >= 0.3 is 0 Å². The molecule has 0 bridgehead atoms. The second-order valence-electron chi connectivity index (χ2n) is 6.86. The van der Waals surface area contributed by atoms with Crippen LogP contribution in [0.3, 0.4) is 0 Å². The maximum absolute atomic E-state index is 6.38. The van der Waals surface area contributed by atoms with Gasteiger partial charge in [0.15, 0.2) is 0 Å². The number of rotatable bonds is 8. The molecule has 0 aromatic carbocycles. The van der Waals surface area contributed by atoms with E-state index in [1.54, 1.807) is 0 Å². The van der Waals surface area contributed by atoms with Crippen LogP contribution in [0.4, 0.5) is 0 Å². The van der Waals surface area contributed by atoms with Crippen molar-refractivity contribution in [3.63, 3.8) is 0 Å². The highest BCUT2D eigenvalue weighted by molar-refractivity contribution is 4.96. The summed E-state index contributed by atoms with van der Waals surface area (Å²) >= 11 is 0. The highest BCUT2D eigenvalue weighted by Crippen LogP contribution is 2.38. The molecule has 2 fully saturated rings. The fourth-order valence-electron chi connectivity index (χ4n) is 4.15. The van der Waals surface area contributed by atoms with Gasteiger partial charge in [0.25, 0.3) is 0 Å². The molecule has 21 heavy (non-hydrogen) atoms. The molecule has 1 saturated heterocycles. The molecule has 0 aromatic rings. The van der Waals surface area contributed by atoms with Gasteiger partial charge in [-0.1, -0.05) is 26.2 Å². The SMILES string of the molecule is CCCNC(CC1CCOCC1)C1(OCC)CCCCC1. The number of hydrogen-bond acceptors (Lipinski definition) is 3. The summed E-state index contributed by atoms with van der Waals surface area (Å²) in [7, 11) is 0. The van der Waals surface area contributed by atoms with E-state index >= 15 is 0 Å². The van der Waals surface area contributed by atoms with Crippen molar-refractivity contribution in [2.24, 2.45) is 5.92 Å². The molecule has 1 saturated carbocycles. The Bertz CT molecular complexity index is 265. The Morgan fingerprint density at radius 1 is 1.14 bits per heavy atom. The van der Waals surface area contributed by atoms with E-state index in [0.717, 1.165) is 32.3 Å². The molecule has 0 radical (unpaired) electrons. The van der Waals surface area contributed by atoms with Gasteiger partial charge in [-0.2, -0.15) is 0 Å². The minimum absolute atomic E-state index is 0.0977. The van der Waals surface area contributed by atoms with Crippen LogP contribution < -0.4 is 5.32 Å². The highest BCUT2D eigenvalue weighted by Gasteiger charge is 2.41. The molecule has 0 aromatic heterocycles. The minimum Gasteiger partial charge on any atom is -0.381 e. The maximum Gasteiger partial charge on any atom is 0.0834 e. The standard InChI is InChI=1S/C18H35NO2/c1-3-12-19-17(15-16-8-13-20-14-9-16)18(21-4-2)10-6-5-7-11-18/h16-17,19H,3-15H2,1-2H3. The van der Waals surface area contributed by atoms with E-state index in [0.29, 0.717) is 6.04 Å². The zero-order valence-electron chi connectivity index (χ0n) is 14.2. The first kappa shape index (κ1) is 17.2. The van der Waals surface area contributed by atoms with Gasteiger partial charge < -0.3 is 14.8 Å². The third-order valence-corrected chi connectivity index (χ3v) is 5.32. The van der Waals surface area contributed by atoms with Crippen molar-refractivity contribution in [2.75, 3.05) is 26.4 Å². The molecule has 124 valence electrons. The van der Waals surface area contributed by atoms with Crippen LogP contribution in [0.1, 0.15) is 71.6 Å².